The maximum atomic E-state index is 12.2. The molecule has 6 heteroatoms. The Morgan fingerprint density at radius 3 is 2.19 bits per heavy atom. The molecule has 16 heavy (non-hydrogen) atoms. The standard InChI is InChI=1S/C10H10F3NO2/c1-9(16,10(11,12)13)14-8(15)7-5-3-2-4-6-7/h2-6,16H,1H3,(H,14,15). The Balaban J connectivity index is 2.80. The van der Waals surface area contributed by atoms with E-state index < -0.39 is 17.8 Å². The predicted molar refractivity (Wildman–Crippen MR) is 50.6 cm³/mol. The van der Waals surface area contributed by atoms with Crippen LogP contribution in [0.5, 0.6) is 0 Å². The van der Waals surface area contributed by atoms with Crippen molar-refractivity contribution in [2.75, 3.05) is 0 Å². The quantitative estimate of drug-likeness (QED) is 0.763. The molecule has 0 saturated heterocycles. The minimum Gasteiger partial charge on any atom is -0.364 e. The highest BCUT2D eigenvalue weighted by Crippen LogP contribution is 2.27. The van der Waals surface area contributed by atoms with Crippen molar-refractivity contribution in [1.29, 1.82) is 0 Å². The lowest BCUT2D eigenvalue weighted by Crippen LogP contribution is -2.56. The van der Waals surface area contributed by atoms with Crippen LogP contribution in [0.25, 0.3) is 0 Å². The first-order chi connectivity index (χ1) is 7.24. The zero-order chi connectivity index (χ0) is 12.4. The molecule has 0 aliphatic carbocycles. The molecule has 1 aromatic rings. The lowest BCUT2D eigenvalue weighted by atomic mass is 10.2. The van der Waals surface area contributed by atoms with Gasteiger partial charge in [-0.15, -0.1) is 0 Å². The molecule has 88 valence electrons. The van der Waals surface area contributed by atoms with Crippen LogP contribution in [0.1, 0.15) is 17.3 Å². The van der Waals surface area contributed by atoms with E-state index in [0.717, 1.165) is 0 Å². The van der Waals surface area contributed by atoms with Crippen LogP contribution < -0.4 is 5.32 Å². The van der Waals surface area contributed by atoms with Gasteiger partial charge in [-0.3, -0.25) is 4.79 Å². The normalized spacial score (nSPS) is 15.3. The summed E-state index contributed by atoms with van der Waals surface area (Å²) < 4.78 is 36.7. The second-order valence-corrected chi connectivity index (χ2v) is 3.39. The molecule has 0 aliphatic rings. The van der Waals surface area contributed by atoms with Gasteiger partial charge in [-0.25, -0.2) is 0 Å². The van der Waals surface area contributed by atoms with Crippen LogP contribution in [0, 0.1) is 0 Å². The number of hydrogen-bond donors (Lipinski definition) is 2. The van der Waals surface area contributed by atoms with E-state index in [1.807, 2.05) is 0 Å². The van der Waals surface area contributed by atoms with Gasteiger partial charge in [0, 0.05) is 5.56 Å². The van der Waals surface area contributed by atoms with Crippen molar-refractivity contribution in [2.24, 2.45) is 0 Å². The van der Waals surface area contributed by atoms with Crippen LogP contribution in [-0.4, -0.2) is 22.9 Å². The van der Waals surface area contributed by atoms with Gasteiger partial charge in [0.05, 0.1) is 0 Å². The number of rotatable bonds is 2. The van der Waals surface area contributed by atoms with Gasteiger partial charge in [0.2, 0.25) is 5.72 Å². The molecule has 0 heterocycles. The SMILES string of the molecule is CC(O)(NC(=O)c1ccccc1)C(F)(F)F. The molecule has 1 aromatic carbocycles. The number of carbonyl (C=O) groups is 1. The van der Waals surface area contributed by atoms with E-state index in [1.165, 1.54) is 29.6 Å². The van der Waals surface area contributed by atoms with E-state index in [4.69, 9.17) is 5.11 Å². The van der Waals surface area contributed by atoms with Crippen LogP contribution in [0.4, 0.5) is 13.2 Å². The summed E-state index contributed by atoms with van der Waals surface area (Å²) in [5.41, 5.74) is -3.19. The van der Waals surface area contributed by atoms with Crippen LogP contribution in [0.2, 0.25) is 0 Å². The Labute approximate surface area is 89.9 Å². The first-order valence-corrected chi connectivity index (χ1v) is 4.41. The highest BCUT2D eigenvalue weighted by molar-refractivity contribution is 5.94. The first-order valence-electron chi connectivity index (χ1n) is 4.41. The predicted octanol–water partition coefficient (Wildman–Crippen LogP) is 1.69. The molecule has 0 bridgehead atoms. The van der Waals surface area contributed by atoms with Gasteiger partial charge in [-0.2, -0.15) is 13.2 Å². The fourth-order valence-corrected chi connectivity index (χ4v) is 0.954. The molecule has 1 unspecified atom stereocenters. The fraction of sp³-hybridized carbons (Fsp3) is 0.300. The molecule has 2 N–H and O–H groups in total. The Morgan fingerprint density at radius 1 is 1.25 bits per heavy atom. The third-order valence-electron chi connectivity index (χ3n) is 1.94. The number of amides is 1. The van der Waals surface area contributed by atoms with Gasteiger partial charge in [-0.1, -0.05) is 18.2 Å². The van der Waals surface area contributed by atoms with Gasteiger partial charge >= 0.3 is 6.18 Å². The number of benzene rings is 1. The molecule has 0 fully saturated rings. The van der Waals surface area contributed by atoms with E-state index >= 15 is 0 Å². The van der Waals surface area contributed by atoms with Crippen molar-refractivity contribution in [3.8, 4) is 0 Å². The molecule has 1 atom stereocenters. The Bertz CT molecular complexity index is 373. The van der Waals surface area contributed by atoms with Gasteiger partial charge in [0.25, 0.3) is 5.91 Å². The maximum absolute atomic E-state index is 12.2. The Kier molecular flexibility index (Phi) is 3.23. The molecule has 3 nitrogen and oxygen atoms in total. The van der Waals surface area contributed by atoms with Gasteiger partial charge in [0.15, 0.2) is 0 Å². The summed E-state index contributed by atoms with van der Waals surface area (Å²) in [6.45, 7) is 0.480. The van der Waals surface area contributed by atoms with Crippen molar-refractivity contribution in [3.63, 3.8) is 0 Å². The van der Waals surface area contributed by atoms with Crippen molar-refractivity contribution in [3.05, 3.63) is 35.9 Å². The number of carbonyl (C=O) groups excluding carboxylic acids is 1. The molecule has 0 radical (unpaired) electrons. The Hall–Kier alpha value is -1.56. The molecular weight excluding hydrogens is 223 g/mol. The van der Waals surface area contributed by atoms with Crippen molar-refractivity contribution in [1.82, 2.24) is 5.32 Å². The van der Waals surface area contributed by atoms with E-state index in [9.17, 15) is 18.0 Å². The average molecular weight is 233 g/mol. The smallest absolute Gasteiger partial charge is 0.364 e. The maximum Gasteiger partial charge on any atom is 0.436 e. The number of aliphatic hydroxyl groups is 1. The summed E-state index contributed by atoms with van der Waals surface area (Å²) in [5.74, 6) is -0.983. The monoisotopic (exact) mass is 233 g/mol. The van der Waals surface area contributed by atoms with E-state index in [-0.39, 0.29) is 5.56 Å². The van der Waals surface area contributed by atoms with Crippen LogP contribution in [0.15, 0.2) is 30.3 Å². The molecule has 0 spiro atoms. The van der Waals surface area contributed by atoms with Crippen LogP contribution >= 0.6 is 0 Å². The molecule has 0 aromatic heterocycles. The summed E-state index contributed by atoms with van der Waals surface area (Å²) in [5, 5.41) is 10.5. The number of hydrogen-bond acceptors (Lipinski definition) is 2. The summed E-state index contributed by atoms with van der Waals surface area (Å²) >= 11 is 0. The van der Waals surface area contributed by atoms with Gasteiger partial charge in [0.1, 0.15) is 0 Å². The minimum absolute atomic E-state index is 0.0482. The Morgan fingerprint density at radius 2 is 1.75 bits per heavy atom. The van der Waals surface area contributed by atoms with E-state index in [2.05, 4.69) is 0 Å². The molecule has 1 amide bonds. The zero-order valence-electron chi connectivity index (χ0n) is 8.38. The summed E-state index contributed by atoms with van der Waals surface area (Å²) in [6.07, 6.45) is -4.92. The number of halogens is 3. The van der Waals surface area contributed by atoms with E-state index in [1.54, 1.807) is 6.07 Å². The second-order valence-electron chi connectivity index (χ2n) is 3.39. The lowest BCUT2D eigenvalue weighted by molar-refractivity contribution is -0.260. The fourth-order valence-electron chi connectivity index (χ4n) is 0.954. The first kappa shape index (κ1) is 12.5. The highest BCUT2D eigenvalue weighted by Gasteiger charge is 2.51. The summed E-state index contributed by atoms with van der Waals surface area (Å²) in [7, 11) is 0. The third kappa shape index (κ3) is 2.73. The molecule has 0 aliphatic heterocycles. The van der Waals surface area contributed by atoms with Gasteiger partial charge in [-0.05, 0) is 19.1 Å². The average Bonchev–Trinajstić information content (AvgIpc) is 2.16. The van der Waals surface area contributed by atoms with Crippen molar-refractivity contribution >= 4 is 5.91 Å². The van der Waals surface area contributed by atoms with Crippen LogP contribution in [0.3, 0.4) is 0 Å². The molecular formula is C10H10F3NO2. The second kappa shape index (κ2) is 4.13. The third-order valence-corrected chi connectivity index (χ3v) is 1.94. The highest BCUT2D eigenvalue weighted by atomic mass is 19.4. The topological polar surface area (TPSA) is 49.3 Å². The van der Waals surface area contributed by atoms with E-state index in [0.29, 0.717) is 6.92 Å². The van der Waals surface area contributed by atoms with Crippen LogP contribution in [-0.2, 0) is 0 Å². The van der Waals surface area contributed by atoms with Gasteiger partial charge < -0.3 is 10.4 Å². The molecule has 0 saturated carbocycles. The van der Waals surface area contributed by atoms with Crippen molar-refractivity contribution < 1.29 is 23.1 Å². The minimum atomic E-state index is -4.92. The summed E-state index contributed by atoms with van der Waals surface area (Å²) in [6, 6.07) is 7.34. The number of alkyl halides is 3. The molecule has 1 rings (SSSR count). The number of nitrogens with one attached hydrogen (secondary N) is 1. The zero-order valence-corrected chi connectivity index (χ0v) is 8.38. The lowest BCUT2D eigenvalue weighted by Gasteiger charge is -2.27. The van der Waals surface area contributed by atoms with Crippen molar-refractivity contribution in [2.45, 2.75) is 18.8 Å². The largest absolute Gasteiger partial charge is 0.436 e. The summed E-state index contributed by atoms with van der Waals surface area (Å²) in [4.78, 5) is 11.3.